The lowest BCUT2D eigenvalue weighted by atomic mass is 10.1. The third-order valence-electron chi connectivity index (χ3n) is 3.84. The van der Waals surface area contributed by atoms with Crippen molar-refractivity contribution in [1.82, 2.24) is 4.90 Å². The molecule has 0 N–H and O–H groups in total. The summed E-state index contributed by atoms with van der Waals surface area (Å²) in [5, 5.41) is 9.13. The Labute approximate surface area is 115 Å². The molecule has 1 aliphatic carbocycles. The van der Waals surface area contributed by atoms with Crippen LogP contribution in [0.5, 0.6) is 5.75 Å². The van der Waals surface area contributed by atoms with Gasteiger partial charge in [0.25, 0.3) is 0 Å². The van der Waals surface area contributed by atoms with Crippen LogP contribution in [0.25, 0.3) is 0 Å². The molecule has 0 radical (unpaired) electrons. The summed E-state index contributed by atoms with van der Waals surface area (Å²) in [7, 11) is 3.80. The lowest BCUT2D eigenvalue weighted by Gasteiger charge is -2.20. The van der Waals surface area contributed by atoms with E-state index in [1.165, 1.54) is 11.1 Å². The second-order valence-corrected chi connectivity index (χ2v) is 5.56. The highest BCUT2D eigenvalue weighted by Crippen LogP contribution is 2.45. The zero-order chi connectivity index (χ0) is 13.9. The smallest absolute Gasteiger partial charge is 0.122 e. The van der Waals surface area contributed by atoms with Crippen LogP contribution < -0.4 is 4.74 Å². The average Bonchev–Trinajstić information content (AvgIpc) is 3.18. The predicted molar refractivity (Wildman–Crippen MR) is 76.0 cm³/mol. The summed E-state index contributed by atoms with van der Waals surface area (Å²) < 4.78 is 5.35. The molecule has 1 fully saturated rings. The van der Waals surface area contributed by atoms with Gasteiger partial charge in [-0.05, 0) is 43.5 Å². The van der Waals surface area contributed by atoms with E-state index in [9.17, 15) is 0 Å². The molecule has 19 heavy (non-hydrogen) atoms. The van der Waals surface area contributed by atoms with Gasteiger partial charge in [-0.15, -0.1) is 0 Å². The molecule has 0 unspecified atom stereocenters. The van der Waals surface area contributed by atoms with Crippen molar-refractivity contribution in [1.29, 1.82) is 5.26 Å². The summed E-state index contributed by atoms with van der Waals surface area (Å²) in [6.07, 6.45) is 3.08. The molecule has 0 amide bonds. The second kappa shape index (κ2) is 5.63. The van der Waals surface area contributed by atoms with E-state index in [1.807, 2.05) is 6.07 Å². The highest BCUT2D eigenvalue weighted by Gasteiger charge is 2.43. The van der Waals surface area contributed by atoms with Gasteiger partial charge in [0.05, 0.1) is 18.6 Å². The summed E-state index contributed by atoms with van der Waals surface area (Å²) in [6.45, 7) is 3.90. The fourth-order valence-electron chi connectivity index (χ4n) is 2.55. The number of nitrogens with zero attached hydrogens (tertiary/aromatic N) is 2. The number of aryl methyl sites for hydroxylation is 1. The second-order valence-electron chi connectivity index (χ2n) is 5.56. The lowest BCUT2D eigenvalue weighted by Crippen LogP contribution is -2.25. The topological polar surface area (TPSA) is 36.3 Å². The zero-order valence-corrected chi connectivity index (χ0v) is 12.1. The Morgan fingerprint density at radius 2 is 2.16 bits per heavy atom. The van der Waals surface area contributed by atoms with E-state index in [2.05, 4.69) is 37.1 Å². The summed E-state index contributed by atoms with van der Waals surface area (Å²) >= 11 is 0. The van der Waals surface area contributed by atoms with E-state index in [-0.39, 0.29) is 5.41 Å². The molecule has 0 heterocycles. The van der Waals surface area contributed by atoms with Gasteiger partial charge in [0.15, 0.2) is 0 Å². The van der Waals surface area contributed by atoms with Crippen molar-refractivity contribution in [3.8, 4) is 11.8 Å². The van der Waals surface area contributed by atoms with Gasteiger partial charge in [-0.2, -0.15) is 5.26 Å². The Morgan fingerprint density at radius 3 is 2.68 bits per heavy atom. The van der Waals surface area contributed by atoms with Gasteiger partial charge >= 0.3 is 0 Å². The van der Waals surface area contributed by atoms with Gasteiger partial charge in [-0.3, -0.25) is 0 Å². The SMILES string of the molecule is CCc1cc(CN(C)CC2(C#N)CC2)ccc1OC. The average molecular weight is 258 g/mol. The maximum Gasteiger partial charge on any atom is 0.122 e. The normalized spacial score (nSPS) is 16.2. The molecule has 1 aromatic carbocycles. The molecule has 3 heteroatoms. The first-order valence-electron chi connectivity index (χ1n) is 6.88. The van der Waals surface area contributed by atoms with Gasteiger partial charge in [-0.25, -0.2) is 0 Å². The standard InChI is InChI=1S/C16H22N2O/c1-4-14-9-13(5-6-15(14)19-3)10-18(2)12-16(11-17)7-8-16/h5-6,9H,4,7-8,10,12H2,1-3H3. The minimum absolute atomic E-state index is 0.0607. The third kappa shape index (κ3) is 3.27. The maximum absolute atomic E-state index is 9.13. The number of methoxy groups -OCH3 is 1. The summed E-state index contributed by atoms with van der Waals surface area (Å²) in [4.78, 5) is 2.25. The largest absolute Gasteiger partial charge is 0.496 e. The highest BCUT2D eigenvalue weighted by molar-refractivity contribution is 5.37. The van der Waals surface area contributed by atoms with Crippen LogP contribution in [0.4, 0.5) is 0 Å². The summed E-state index contributed by atoms with van der Waals surface area (Å²) in [6, 6.07) is 8.81. The molecule has 0 aromatic heterocycles. The molecule has 0 spiro atoms. The van der Waals surface area contributed by atoms with Crippen molar-refractivity contribution < 1.29 is 4.74 Å². The van der Waals surface area contributed by atoms with Gasteiger partial charge in [0, 0.05) is 13.1 Å². The molecule has 0 bridgehead atoms. The quantitative estimate of drug-likeness (QED) is 0.787. The molecular weight excluding hydrogens is 236 g/mol. The van der Waals surface area contributed by atoms with E-state index in [1.54, 1.807) is 7.11 Å². The Kier molecular flexibility index (Phi) is 4.11. The van der Waals surface area contributed by atoms with Crippen LogP contribution in [0.15, 0.2) is 18.2 Å². The number of rotatable bonds is 6. The minimum atomic E-state index is -0.0607. The molecule has 0 aliphatic heterocycles. The van der Waals surface area contributed by atoms with Crippen molar-refractivity contribution in [3.05, 3.63) is 29.3 Å². The van der Waals surface area contributed by atoms with E-state index < -0.39 is 0 Å². The van der Waals surface area contributed by atoms with Crippen LogP contribution in [0.3, 0.4) is 0 Å². The van der Waals surface area contributed by atoms with Gasteiger partial charge < -0.3 is 9.64 Å². The number of benzene rings is 1. The van der Waals surface area contributed by atoms with Crippen LogP contribution in [0.1, 0.15) is 30.9 Å². The monoisotopic (exact) mass is 258 g/mol. The van der Waals surface area contributed by atoms with Gasteiger partial charge in [0.2, 0.25) is 0 Å². The predicted octanol–water partition coefficient (Wildman–Crippen LogP) is 2.99. The van der Waals surface area contributed by atoms with Crippen LogP contribution >= 0.6 is 0 Å². The molecule has 0 atom stereocenters. The van der Waals surface area contributed by atoms with Gasteiger partial charge in [0.1, 0.15) is 5.75 Å². The Balaban J connectivity index is 2.01. The van der Waals surface area contributed by atoms with E-state index in [4.69, 9.17) is 10.00 Å². The van der Waals surface area contributed by atoms with Crippen LogP contribution in [-0.2, 0) is 13.0 Å². The number of hydrogen-bond donors (Lipinski definition) is 0. The molecule has 3 nitrogen and oxygen atoms in total. The van der Waals surface area contributed by atoms with E-state index >= 15 is 0 Å². The Hall–Kier alpha value is -1.53. The highest BCUT2D eigenvalue weighted by atomic mass is 16.5. The maximum atomic E-state index is 9.13. The van der Waals surface area contributed by atoms with Crippen molar-refractivity contribution in [2.75, 3.05) is 20.7 Å². The number of hydrogen-bond acceptors (Lipinski definition) is 3. The summed E-state index contributed by atoms with van der Waals surface area (Å²) in [5.74, 6) is 0.963. The Morgan fingerprint density at radius 1 is 1.42 bits per heavy atom. The van der Waals surface area contributed by atoms with Gasteiger partial charge in [-0.1, -0.05) is 19.1 Å². The zero-order valence-electron chi connectivity index (χ0n) is 12.1. The molecular formula is C16H22N2O. The molecule has 2 rings (SSSR count). The minimum Gasteiger partial charge on any atom is -0.496 e. The number of ether oxygens (including phenoxy) is 1. The van der Waals surface area contributed by atoms with Crippen molar-refractivity contribution in [2.45, 2.75) is 32.7 Å². The molecule has 0 saturated heterocycles. The first-order chi connectivity index (χ1) is 9.12. The first-order valence-corrected chi connectivity index (χ1v) is 6.88. The Bertz CT molecular complexity index is 486. The van der Waals surface area contributed by atoms with Crippen LogP contribution in [-0.4, -0.2) is 25.6 Å². The van der Waals surface area contributed by atoms with Crippen molar-refractivity contribution >= 4 is 0 Å². The fraction of sp³-hybridized carbons (Fsp3) is 0.562. The molecule has 1 aliphatic rings. The van der Waals surface area contributed by atoms with E-state index in [0.717, 1.165) is 38.1 Å². The molecule has 102 valence electrons. The third-order valence-corrected chi connectivity index (χ3v) is 3.84. The summed E-state index contributed by atoms with van der Waals surface area (Å²) in [5.41, 5.74) is 2.47. The first kappa shape index (κ1) is 13.9. The lowest BCUT2D eigenvalue weighted by molar-refractivity contribution is 0.286. The number of nitriles is 1. The van der Waals surface area contributed by atoms with Crippen molar-refractivity contribution in [2.24, 2.45) is 5.41 Å². The van der Waals surface area contributed by atoms with Crippen molar-refractivity contribution in [3.63, 3.8) is 0 Å². The van der Waals surface area contributed by atoms with Crippen LogP contribution in [0.2, 0.25) is 0 Å². The van der Waals surface area contributed by atoms with Crippen LogP contribution in [0, 0.1) is 16.7 Å². The van der Waals surface area contributed by atoms with E-state index in [0.29, 0.717) is 0 Å². The molecule has 1 aromatic rings. The molecule has 1 saturated carbocycles. The fourth-order valence-corrected chi connectivity index (χ4v) is 2.55.